The lowest BCUT2D eigenvalue weighted by molar-refractivity contribution is 0.405. The molecule has 6 heteroatoms. The number of nitrogens with zero attached hydrogens (tertiary/aromatic N) is 2. The second kappa shape index (κ2) is 5.77. The Bertz CT molecular complexity index is 654. The molecule has 0 spiro atoms. The van der Waals surface area contributed by atoms with Crippen molar-refractivity contribution in [3.63, 3.8) is 0 Å². The van der Waals surface area contributed by atoms with Gasteiger partial charge in [-0.2, -0.15) is 4.98 Å². The fraction of sp³-hybridized carbons (Fsp3) is 0.333. The van der Waals surface area contributed by atoms with Crippen LogP contribution in [0, 0.1) is 0 Å². The maximum absolute atomic E-state index is 5.83. The molecule has 2 N–H and O–H groups in total. The van der Waals surface area contributed by atoms with Gasteiger partial charge in [-0.3, -0.25) is 0 Å². The molecule has 112 valence electrons. The number of hydrogen-bond donors (Lipinski definition) is 1. The van der Waals surface area contributed by atoms with Crippen molar-refractivity contribution in [1.29, 1.82) is 0 Å². The quantitative estimate of drug-likeness (QED) is 0.873. The Morgan fingerprint density at radius 2 is 1.95 bits per heavy atom. The van der Waals surface area contributed by atoms with Crippen LogP contribution in [0.4, 0.5) is 5.69 Å². The van der Waals surface area contributed by atoms with Crippen molar-refractivity contribution in [3.8, 4) is 17.4 Å². The van der Waals surface area contributed by atoms with E-state index in [1.807, 2.05) is 18.2 Å². The molecule has 0 saturated heterocycles. The average Bonchev–Trinajstić information content (AvgIpc) is 2.42. The summed E-state index contributed by atoms with van der Waals surface area (Å²) >= 11 is 5.78. The van der Waals surface area contributed by atoms with Gasteiger partial charge in [-0.05, 0) is 35.2 Å². The molecule has 0 aliphatic heterocycles. The van der Waals surface area contributed by atoms with Gasteiger partial charge in [0.15, 0.2) is 0 Å². The van der Waals surface area contributed by atoms with Crippen molar-refractivity contribution >= 4 is 17.3 Å². The monoisotopic (exact) mass is 307 g/mol. The molecule has 0 atom stereocenters. The first-order valence-corrected chi connectivity index (χ1v) is 6.83. The summed E-state index contributed by atoms with van der Waals surface area (Å²) in [4.78, 5) is 7.82. The lowest BCUT2D eigenvalue weighted by atomic mass is 9.86. The smallest absolute Gasteiger partial charge is 0.247 e. The number of benzene rings is 1. The summed E-state index contributed by atoms with van der Waals surface area (Å²) in [5, 5.41) is 0.0880. The zero-order valence-electron chi connectivity index (χ0n) is 12.5. The molecule has 1 heterocycles. The Hall–Kier alpha value is -2.01. The Morgan fingerprint density at radius 1 is 1.24 bits per heavy atom. The van der Waals surface area contributed by atoms with Gasteiger partial charge in [-0.25, -0.2) is 4.98 Å². The summed E-state index contributed by atoms with van der Waals surface area (Å²) in [6.07, 6.45) is 1.42. The van der Waals surface area contributed by atoms with Crippen molar-refractivity contribution in [2.24, 2.45) is 0 Å². The predicted molar refractivity (Wildman–Crippen MR) is 83.2 cm³/mol. The van der Waals surface area contributed by atoms with Crippen LogP contribution >= 0.6 is 11.6 Å². The van der Waals surface area contributed by atoms with Gasteiger partial charge in [0.25, 0.3) is 0 Å². The average molecular weight is 308 g/mol. The molecular weight excluding hydrogens is 290 g/mol. The van der Waals surface area contributed by atoms with Gasteiger partial charge in [0.1, 0.15) is 17.2 Å². The molecule has 0 amide bonds. The molecule has 0 unspecified atom stereocenters. The summed E-state index contributed by atoms with van der Waals surface area (Å²) in [5.74, 6) is 1.66. The zero-order valence-corrected chi connectivity index (χ0v) is 13.2. The molecule has 0 aliphatic carbocycles. The van der Waals surface area contributed by atoms with Crippen molar-refractivity contribution in [1.82, 2.24) is 9.97 Å². The first-order valence-electron chi connectivity index (χ1n) is 6.45. The van der Waals surface area contributed by atoms with Crippen molar-refractivity contribution in [2.75, 3.05) is 12.8 Å². The number of halogens is 1. The second-order valence-corrected chi connectivity index (χ2v) is 5.95. The number of anilines is 1. The van der Waals surface area contributed by atoms with Gasteiger partial charge in [-0.1, -0.05) is 20.8 Å². The minimum Gasteiger partial charge on any atom is -0.497 e. The molecule has 0 bridgehead atoms. The topological polar surface area (TPSA) is 70.3 Å². The van der Waals surface area contributed by atoms with Crippen LogP contribution in [0.15, 0.2) is 24.4 Å². The van der Waals surface area contributed by atoms with Crippen molar-refractivity contribution in [3.05, 3.63) is 35.2 Å². The Kier molecular flexibility index (Phi) is 4.23. The third-order valence-electron chi connectivity index (χ3n) is 2.95. The van der Waals surface area contributed by atoms with E-state index in [1.165, 1.54) is 6.20 Å². The molecule has 0 aliphatic rings. The molecule has 1 aromatic carbocycles. The van der Waals surface area contributed by atoms with E-state index < -0.39 is 0 Å². The highest BCUT2D eigenvalue weighted by Crippen LogP contribution is 2.37. The zero-order chi connectivity index (χ0) is 15.6. The predicted octanol–water partition coefficient (Wildman–Crippen LogP) is 3.81. The van der Waals surface area contributed by atoms with Crippen LogP contribution in [-0.4, -0.2) is 17.1 Å². The third-order valence-corrected chi connectivity index (χ3v) is 3.13. The maximum atomic E-state index is 5.83. The molecule has 0 saturated carbocycles. The van der Waals surface area contributed by atoms with E-state index in [1.54, 1.807) is 7.11 Å². The largest absolute Gasteiger partial charge is 0.497 e. The minimum absolute atomic E-state index is 0.0880. The van der Waals surface area contributed by atoms with E-state index in [4.69, 9.17) is 26.8 Å². The first kappa shape index (κ1) is 15.4. The van der Waals surface area contributed by atoms with Gasteiger partial charge in [0.05, 0.1) is 13.3 Å². The highest BCUT2D eigenvalue weighted by Gasteiger charge is 2.21. The van der Waals surface area contributed by atoms with Gasteiger partial charge in [-0.15, -0.1) is 0 Å². The number of hydrogen-bond acceptors (Lipinski definition) is 5. The van der Waals surface area contributed by atoms with Crippen LogP contribution < -0.4 is 15.2 Å². The normalized spacial score (nSPS) is 11.3. The van der Waals surface area contributed by atoms with Gasteiger partial charge < -0.3 is 15.2 Å². The van der Waals surface area contributed by atoms with E-state index in [0.717, 1.165) is 11.3 Å². The molecule has 21 heavy (non-hydrogen) atoms. The van der Waals surface area contributed by atoms with Crippen LogP contribution in [-0.2, 0) is 5.41 Å². The number of rotatable bonds is 3. The highest BCUT2D eigenvalue weighted by atomic mass is 35.5. The summed E-state index contributed by atoms with van der Waals surface area (Å²) in [7, 11) is 1.63. The number of nitrogen functional groups attached to an aromatic ring is 1. The summed E-state index contributed by atoms with van der Waals surface area (Å²) in [6, 6.07) is 5.59. The van der Waals surface area contributed by atoms with Crippen molar-refractivity contribution < 1.29 is 9.47 Å². The van der Waals surface area contributed by atoms with Crippen LogP contribution in [0.2, 0.25) is 5.28 Å². The second-order valence-electron chi connectivity index (χ2n) is 5.61. The molecule has 0 fully saturated rings. The standard InChI is InChI=1S/C15H18ClN3O2/c1-15(2,3)10-7-9(20-4)5-6-12(10)21-13-11(17)8-18-14(16)19-13/h5-8H,17H2,1-4H3. The van der Waals surface area contributed by atoms with E-state index >= 15 is 0 Å². The molecule has 1 aromatic heterocycles. The fourth-order valence-electron chi connectivity index (χ4n) is 1.85. The third kappa shape index (κ3) is 3.55. The van der Waals surface area contributed by atoms with E-state index in [0.29, 0.717) is 11.4 Å². The van der Waals surface area contributed by atoms with Crippen molar-refractivity contribution in [2.45, 2.75) is 26.2 Å². The maximum Gasteiger partial charge on any atom is 0.247 e. The SMILES string of the molecule is COc1ccc(Oc2nc(Cl)ncc2N)c(C(C)(C)C)c1. The molecule has 0 radical (unpaired) electrons. The van der Waals surface area contributed by atoms with Gasteiger partial charge in [0.2, 0.25) is 11.2 Å². The molecule has 5 nitrogen and oxygen atoms in total. The molecule has 2 aromatic rings. The van der Waals surface area contributed by atoms with E-state index in [2.05, 4.69) is 30.7 Å². The van der Waals surface area contributed by atoms with Crippen LogP contribution in [0.5, 0.6) is 17.4 Å². The van der Waals surface area contributed by atoms with Crippen LogP contribution in [0.3, 0.4) is 0 Å². The highest BCUT2D eigenvalue weighted by molar-refractivity contribution is 6.28. The minimum atomic E-state index is -0.130. The molecular formula is C15H18ClN3O2. The lowest BCUT2D eigenvalue weighted by Gasteiger charge is -2.23. The number of methoxy groups -OCH3 is 1. The van der Waals surface area contributed by atoms with Gasteiger partial charge in [0, 0.05) is 5.56 Å². The van der Waals surface area contributed by atoms with E-state index in [-0.39, 0.29) is 16.6 Å². The number of aromatic nitrogens is 2. The van der Waals surface area contributed by atoms with Crippen LogP contribution in [0.25, 0.3) is 0 Å². The number of ether oxygens (including phenoxy) is 2. The first-order chi connectivity index (χ1) is 9.81. The number of nitrogens with two attached hydrogens (primary N) is 1. The van der Waals surface area contributed by atoms with E-state index in [9.17, 15) is 0 Å². The van der Waals surface area contributed by atoms with Crippen LogP contribution in [0.1, 0.15) is 26.3 Å². The summed E-state index contributed by atoms with van der Waals surface area (Å²) < 4.78 is 11.1. The summed E-state index contributed by atoms with van der Waals surface area (Å²) in [5.41, 5.74) is 7.00. The Morgan fingerprint density at radius 3 is 2.57 bits per heavy atom. The lowest BCUT2D eigenvalue weighted by Crippen LogP contribution is -2.13. The Labute approximate surface area is 129 Å². The molecule has 2 rings (SSSR count). The Balaban J connectivity index is 2.46. The fourth-order valence-corrected chi connectivity index (χ4v) is 1.98. The van der Waals surface area contributed by atoms with Gasteiger partial charge >= 0.3 is 0 Å². The summed E-state index contributed by atoms with van der Waals surface area (Å²) in [6.45, 7) is 6.26.